The van der Waals surface area contributed by atoms with Crippen molar-refractivity contribution in [2.45, 2.75) is 24.6 Å². The molecule has 0 radical (unpaired) electrons. The van der Waals surface area contributed by atoms with E-state index in [2.05, 4.69) is 15.6 Å². The lowest BCUT2D eigenvalue weighted by Crippen LogP contribution is -2.44. The molecule has 0 bridgehead atoms. The summed E-state index contributed by atoms with van der Waals surface area (Å²) in [7, 11) is 0. The van der Waals surface area contributed by atoms with Crippen LogP contribution in [0.4, 0.5) is 18.0 Å². The van der Waals surface area contributed by atoms with Crippen LogP contribution in [0.25, 0.3) is 10.8 Å². The topological polar surface area (TPSA) is 93.1 Å². The second kappa shape index (κ2) is 7.38. The third kappa shape index (κ3) is 3.74. The second-order valence-corrected chi connectivity index (χ2v) is 7.48. The number of carbonyl (C=O) groups is 3. The molecule has 0 aliphatic carbocycles. The Morgan fingerprint density at radius 2 is 1.90 bits per heavy atom. The number of nitrogens with zero attached hydrogens (tertiary/aromatic N) is 2. The highest BCUT2D eigenvalue weighted by atomic mass is 35.5. The first kappa shape index (κ1) is 20.9. The summed E-state index contributed by atoms with van der Waals surface area (Å²) in [6.07, 6.45) is 0.688. The highest BCUT2D eigenvalue weighted by Crippen LogP contribution is 2.37. The maximum Gasteiger partial charge on any atom is 0.417 e. The lowest BCUT2D eigenvalue weighted by atomic mass is 9.86. The normalized spacial score (nSPS) is 18.8. The fourth-order valence-corrected chi connectivity index (χ4v) is 3.86. The number of amides is 3. The number of urea groups is 1. The van der Waals surface area contributed by atoms with E-state index in [1.807, 2.05) is 0 Å². The molecule has 1 aliphatic heterocycles. The molecule has 2 aromatic heterocycles. The molecule has 31 heavy (non-hydrogen) atoms. The van der Waals surface area contributed by atoms with Gasteiger partial charge in [-0.05, 0) is 24.6 Å². The zero-order valence-corrected chi connectivity index (χ0v) is 16.4. The van der Waals surface area contributed by atoms with Gasteiger partial charge in [0.05, 0.1) is 10.6 Å². The number of alkyl halides is 3. The van der Waals surface area contributed by atoms with E-state index in [9.17, 15) is 27.6 Å². The molecule has 3 amide bonds. The molecule has 4 rings (SSSR count). The van der Waals surface area contributed by atoms with Crippen LogP contribution in [0.3, 0.4) is 0 Å². The van der Waals surface area contributed by atoms with E-state index in [0.29, 0.717) is 10.9 Å². The number of benzene rings is 1. The Kier molecular flexibility index (Phi) is 4.97. The Morgan fingerprint density at radius 1 is 1.19 bits per heavy atom. The fourth-order valence-electron chi connectivity index (χ4n) is 3.58. The number of fused-ring (bicyclic) bond motifs is 1. The molecular formula is C20H14ClF3N4O3. The van der Waals surface area contributed by atoms with Crippen LogP contribution >= 0.6 is 11.6 Å². The predicted molar refractivity (Wildman–Crippen MR) is 104 cm³/mol. The number of halogens is 4. The smallest absolute Gasteiger partial charge is 0.319 e. The van der Waals surface area contributed by atoms with Crippen molar-refractivity contribution < 1.29 is 27.6 Å². The first-order valence-corrected chi connectivity index (χ1v) is 9.44. The van der Waals surface area contributed by atoms with Crippen molar-refractivity contribution in [3.8, 4) is 0 Å². The summed E-state index contributed by atoms with van der Waals surface area (Å²) in [5.41, 5.74) is -2.06. The molecule has 160 valence electrons. The monoisotopic (exact) mass is 450 g/mol. The number of imide groups is 1. The molecule has 3 aromatic rings. The van der Waals surface area contributed by atoms with Gasteiger partial charge in [-0.25, -0.2) is 4.79 Å². The van der Waals surface area contributed by atoms with Gasteiger partial charge in [0.15, 0.2) is 0 Å². The molecule has 1 aliphatic rings. The number of pyridine rings is 1. The van der Waals surface area contributed by atoms with Gasteiger partial charge in [0.1, 0.15) is 5.54 Å². The van der Waals surface area contributed by atoms with E-state index >= 15 is 0 Å². The van der Waals surface area contributed by atoms with Crippen LogP contribution in [0.1, 0.15) is 28.8 Å². The van der Waals surface area contributed by atoms with Crippen molar-refractivity contribution >= 4 is 40.2 Å². The number of hydrogen-bond acceptors (Lipinski definition) is 4. The van der Waals surface area contributed by atoms with Crippen molar-refractivity contribution in [2.75, 3.05) is 0 Å². The van der Waals surface area contributed by atoms with Crippen LogP contribution in [0.15, 0.2) is 49.1 Å². The Labute approximate surface area is 178 Å². The third-order valence-corrected chi connectivity index (χ3v) is 5.44. The molecule has 0 saturated carbocycles. The molecular weight excluding hydrogens is 437 g/mol. The highest BCUT2D eigenvalue weighted by molar-refractivity contribution is 6.32. The fraction of sp³-hybridized carbons (Fsp3) is 0.200. The van der Waals surface area contributed by atoms with Gasteiger partial charge in [0, 0.05) is 47.5 Å². The molecule has 1 unspecified atom stereocenters. The van der Waals surface area contributed by atoms with E-state index in [-0.39, 0.29) is 18.2 Å². The van der Waals surface area contributed by atoms with Gasteiger partial charge in [-0.15, -0.1) is 0 Å². The van der Waals surface area contributed by atoms with Crippen molar-refractivity contribution in [1.82, 2.24) is 20.2 Å². The van der Waals surface area contributed by atoms with Crippen molar-refractivity contribution in [2.24, 2.45) is 0 Å². The largest absolute Gasteiger partial charge is 0.417 e. The first-order chi connectivity index (χ1) is 14.6. The molecule has 1 saturated heterocycles. The molecule has 0 spiro atoms. The zero-order chi connectivity index (χ0) is 22.4. The van der Waals surface area contributed by atoms with Crippen LogP contribution in [-0.4, -0.2) is 27.4 Å². The van der Waals surface area contributed by atoms with E-state index in [1.165, 1.54) is 24.8 Å². The summed E-state index contributed by atoms with van der Waals surface area (Å²) >= 11 is 5.74. The minimum atomic E-state index is -4.62. The van der Waals surface area contributed by atoms with Crippen molar-refractivity contribution in [1.29, 1.82) is 0 Å². The van der Waals surface area contributed by atoms with Crippen molar-refractivity contribution in [3.63, 3.8) is 0 Å². The number of nitrogens with one attached hydrogen (secondary N) is 2. The van der Waals surface area contributed by atoms with Crippen LogP contribution in [0.5, 0.6) is 0 Å². The lowest BCUT2D eigenvalue weighted by molar-refractivity contribution is -0.137. The van der Waals surface area contributed by atoms with Gasteiger partial charge in [-0.1, -0.05) is 17.7 Å². The van der Waals surface area contributed by atoms with Crippen LogP contribution < -0.4 is 10.6 Å². The van der Waals surface area contributed by atoms with Gasteiger partial charge >= 0.3 is 12.2 Å². The summed E-state index contributed by atoms with van der Waals surface area (Å²) in [6.45, 7) is 0. The van der Waals surface area contributed by atoms with Crippen LogP contribution in [-0.2, 0) is 16.5 Å². The molecule has 1 aromatic carbocycles. The number of aromatic nitrogens is 2. The summed E-state index contributed by atoms with van der Waals surface area (Å²) in [4.78, 5) is 41.0. The average Bonchev–Trinajstić information content (AvgIpc) is 3.25. The summed E-state index contributed by atoms with van der Waals surface area (Å²) in [5, 5.41) is 4.80. The van der Waals surface area contributed by atoms with E-state index in [1.54, 1.807) is 12.1 Å². The van der Waals surface area contributed by atoms with Gasteiger partial charge < -0.3 is 5.32 Å². The number of hydrogen-bond donors (Lipinski definition) is 2. The SMILES string of the molecule is O=C1NC(=O)C(CCC(=O)n2cc3cc(Cl)c(C(F)(F)F)cc3c2)(c2cccnc2)N1. The third-order valence-electron chi connectivity index (χ3n) is 5.13. The van der Waals surface area contributed by atoms with Gasteiger partial charge in [-0.3, -0.25) is 24.5 Å². The van der Waals surface area contributed by atoms with E-state index in [0.717, 1.165) is 16.7 Å². The molecule has 7 nitrogen and oxygen atoms in total. The van der Waals surface area contributed by atoms with E-state index < -0.39 is 40.1 Å². The quantitative estimate of drug-likeness (QED) is 0.590. The zero-order valence-electron chi connectivity index (χ0n) is 15.7. The molecule has 3 heterocycles. The second-order valence-electron chi connectivity index (χ2n) is 7.07. The molecule has 11 heteroatoms. The first-order valence-electron chi connectivity index (χ1n) is 9.06. The van der Waals surface area contributed by atoms with Gasteiger partial charge in [0.2, 0.25) is 5.91 Å². The summed E-state index contributed by atoms with van der Waals surface area (Å²) in [6, 6.07) is 4.53. The van der Waals surface area contributed by atoms with Crippen LogP contribution in [0, 0.1) is 0 Å². The maximum atomic E-state index is 13.1. The lowest BCUT2D eigenvalue weighted by Gasteiger charge is -2.25. The molecule has 1 fully saturated rings. The molecule has 2 N–H and O–H groups in total. The Hall–Kier alpha value is -3.40. The minimum absolute atomic E-state index is 0.0712. The maximum absolute atomic E-state index is 13.1. The van der Waals surface area contributed by atoms with E-state index in [4.69, 9.17) is 11.6 Å². The van der Waals surface area contributed by atoms with Gasteiger partial charge in [0.25, 0.3) is 5.91 Å². The number of rotatable bonds is 4. The van der Waals surface area contributed by atoms with Crippen molar-refractivity contribution in [3.05, 3.63) is 65.2 Å². The summed E-state index contributed by atoms with van der Waals surface area (Å²) in [5.74, 6) is -1.09. The predicted octanol–water partition coefficient (Wildman–Crippen LogP) is 3.86. The Morgan fingerprint density at radius 3 is 2.48 bits per heavy atom. The average molecular weight is 451 g/mol. The summed E-state index contributed by atoms with van der Waals surface area (Å²) < 4.78 is 40.4. The van der Waals surface area contributed by atoms with Crippen LogP contribution in [0.2, 0.25) is 5.02 Å². The standard InChI is InChI=1S/C20H14ClF3N4O3/c21-15-7-12-10-28(9-11(12)6-14(15)20(22,23)24)16(29)3-4-19(13-2-1-5-25-8-13)17(30)26-18(31)27-19/h1-2,5-10H,3-4H2,(H2,26,27,30,31). The Bertz CT molecular complexity index is 1210. The minimum Gasteiger partial charge on any atom is -0.319 e. The molecule has 1 atom stereocenters. The Balaban J connectivity index is 1.61. The number of carbonyl (C=O) groups excluding carboxylic acids is 3. The van der Waals surface area contributed by atoms with Gasteiger partial charge in [-0.2, -0.15) is 13.2 Å². The highest BCUT2D eigenvalue weighted by Gasteiger charge is 2.47.